The van der Waals surface area contributed by atoms with Crippen molar-refractivity contribution in [3.63, 3.8) is 0 Å². The highest BCUT2D eigenvalue weighted by Gasteiger charge is 2.06. The number of hydrogen-bond donors (Lipinski definition) is 2. The van der Waals surface area contributed by atoms with E-state index < -0.39 is 0 Å². The van der Waals surface area contributed by atoms with Crippen LogP contribution in [0.4, 0.5) is 0 Å². The van der Waals surface area contributed by atoms with Crippen molar-refractivity contribution in [3.8, 4) is 5.75 Å². The minimum Gasteiger partial charge on any atom is -0.496 e. The van der Waals surface area contributed by atoms with Crippen molar-refractivity contribution >= 4 is 11.9 Å². The van der Waals surface area contributed by atoms with Gasteiger partial charge in [-0.05, 0) is 26.8 Å². The van der Waals surface area contributed by atoms with Gasteiger partial charge in [-0.25, -0.2) is 4.99 Å². The first-order chi connectivity index (χ1) is 11.1. The van der Waals surface area contributed by atoms with E-state index >= 15 is 0 Å². The zero-order valence-electron chi connectivity index (χ0n) is 14.4. The van der Waals surface area contributed by atoms with Gasteiger partial charge >= 0.3 is 5.97 Å². The largest absolute Gasteiger partial charge is 0.496 e. The number of aliphatic imine (C=N–C) groups is 1. The molecule has 1 aromatic carbocycles. The average Bonchev–Trinajstić information content (AvgIpc) is 2.52. The molecule has 0 heterocycles. The number of para-hydroxylation sites is 1. The lowest BCUT2D eigenvalue weighted by Gasteiger charge is -2.12. The fraction of sp³-hybridized carbons (Fsp3) is 0.529. The Morgan fingerprint density at radius 1 is 1.26 bits per heavy atom. The summed E-state index contributed by atoms with van der Waals surface area (Å²) in [7, 11) is 1.65. The average molecular weight is 321 g/mol. The van der Waals surface area contributed by atoms with E-state index in [1.807, 2.05) is 45.0 Å². The standard InChI is InChI=1S/C17H27N3O3/c1-5-18-17(19-11-10-16(21)23-13(2)3)20-12-14-8-6-7-9-15(14)22-4/h6-9,13H,5,10-12H2,1-4H3,(H2,18,19,20). The lowest BCUT2D eigenvalue weighted by Crippen LogP contribution is -2.38. The van der Waals surface area contributed by atoms with E-state index in [1.54, 1.807) is 7.11 Å². The number of hydrogen-bond acceptors (Lipinski definition) is 4. The van der Waals surface area contributed by atoms with Gasteiger partial charge < -0.3 is 20.1 Å². The molecule has 0 aliphatic rings. The number of rotatable bonds is 8. The van der Waals surface area contributed by atoms with Crippen LogP contribution < -0.4 is 15.4 Å². The molecule has 0 aliphatic heterocycles. The predicted octanol–water partition coefficient (Wildman–Crippen LogP) is 2.09. The number of carbonyl (C=O) groups is 1. The SMILES string of the molecule is CCNC(=NCc1ccccc1OC)NCCC(=O)OC(C)C. The van der Waals surface area contributed by atoms with Crippen LogP contribution in [-0.2, 0) is 16.1 Å². The Labute approximate surface area is 138 Å². The minimum absolute atomic E-state index is 0.0880. The van der Waals surface area contributed by atoms with Crippen molar-refractivity contribution in [3.05, 3.63) is 29.8 Å². The first kappa shape index (κ1) is 18.8. The third-order valence-electron chi connectivity index (χ3n) is 2.93. The third-order valence-corrected chi connectivity index (χ3v) is 2.93. The van der Waals surface area contributed by atoms with Crippen molar-refractivity contribution < 1.29 is 14.3 Å². The Balaban J connectivity index is 2.54. The molecule has 0 atom stereocenters. The number of esters is 1. The van der Waals surface area contributed by atoms with Gasteiger partial charge in [-0.1, -0.05) is 18.2 Å². The van der Waals surface area contributed by atoms with Gasteiger partial charge in [0.2, 0.25) is 0 Å². The Morgan fingerprint density at radius 2 is 2.00 bits per heavy atom. The van der Waals surface area contributed by atoms with E-state index in [0.29, 0.717) is 25.5 Å². The molecule has 0 spiro atoms. The number of nitrogens with one attached hydrogen (secondary N) is 2. The Bertz CT molecular complexity index is 516. The summed E-state index contributed by atoms with van der Waals surface area (Å²) in [6.07, 6.45) is 0.215. The summed E-state index contributed by atoms with van der Waals surface area (Å²) >= 11 is 0. The van der Waals surface area contributed by atoms with E-state index in [2.05, 4.69) is 15.6 Å². The zero-order chi connectivity index (χ0) is 17.1. The highest BCUT2D eigenvalue weighted by atomic mass is 16.5. The molecule has 0 aliphatic carbocycles. The van der Waals surface area contributed by atoms with Crippen LogP contribution in [0.3, 0.4) is 0 Å². The van der Waals surface area contributed by atoms with E-state index in [4.69, 9.17) is 9.47 Å². The predicted molar refractivity (Wildman–Crippen MR) is 91.7 cm³/mol. The number of methoxy groups -OCH3 is 1. The summed E-state index contributed by atoms with van der Waals surface area (Å²) in [4.78, 5) is 16.0. The second-order valence-electron chi connectivity index (χ2n) is 5.22. The van der Waals surface area contributed by atoms with Crippen LogP contribution in [-0.4, -0.2) is 38.2 Å². The maximum absolute atomic E-state index is 11.5. The zero-order valence-corrected chi connectivity index (χ0v) is 14.4. The van der Waals surface area contributed by atoms with Gasteiger partial charge in [-0.3, -0.25) is 4.79 Å². The van der Waals surface area contributed by atoms with Crippen LogP contribution in [0.1, 0.15) is 32.8 Å². The van der Waals surface area contributed by atoms with Crippen LogP contribution >= 0.6 is 0 Å². The molecule has 0 bridgehead atoms. The van der Waals surface area contributed by atoms with Crippen LogP contribution in [0.2, 0.25) is 0 Å². The van der Waals surface area contributed by atoms with Crippen LogP contribution in [0, 0.1) is 0 Å². The molecule has 0 saturated carbocycles. The van der Waals surface area contributed by atoms with Crippen molar-refractivity contribution in [1.29, 1.82) is 0 Å². The number of carbonyl (C=O) groups excluding carboxylic acids is 1. The van der Waals surface area contributed by atoms with Gasteiger partial charge in [-0.15, -0.1) is 0 Å². The normalized spacial score (nSPS) is 11.3. The van der Waals surface area contributed by atoms with Gasteiger partial charge in [0.1, 0.15) is 5.75 Å². The summed E-state index contributed by atoms with van der Waals surface area (Å²) in [6.45, 7) is 7.38. The number of guanidine groups is 1. The topological polar surface area (TPSA) is 72.0 Å². The molecule has 0 radical (unpaired) electrons. The minimum atomic E-state index is -0.215. The second kappa shape index (κ2) is 10.5. The van der Waals surface area contributed by atoms with Crippen molar-refractivity contribution in [1.82, 2.24) is 10.6 Å². The molecule has 0 aromatic heterocycles. The van der Waals surface area contributed by atoms with E-state index in [9.17, 15) is 4.79 Å². The molecule has 0 amide bonds. The Hall–Kier alpha value is -2.24. The number of nitrogens with zero attached hydrogens (tertiary/aromatic N) is 1. The molecule has 2 N–H and O–H groups in total. The summed E-state index contributed by atoms with van der Waals surface area (Å²) in [5.41, 5.74) is 1.01. The molecule has 1 aromatic rings. The van der Waals surface area contributed by atoms with Gasteiger partial charge in [0.15, 0.2) is 5.96 Å². The number of ether oxygens (including phenoxy) is 2. The maximum Gasteiger partial charge on any atom is 0.307 e. The molecule has 23 heavy (non-hydrogen) atoms. The van der Waals surface area contributed by atoms with Crippen LogP contribution in [0.25, 0.3) is 0 Å². The van der Waals surface area contributed by atoms with Crippen LogP contribution in [0.5, 0.6) is 5.75 Å². The summed E-state index contributed by atoms with van der Waals surface area (Å²) in [5, 5.41) is 6.28. The van der Waals surface area contributed by atoms with E-state index in [-0.39, 0.29) is 12.1 Å². The summed E-state index contributed by atoms with van der Waals surface area (Å²) in [6, 6.07) is 7.77. The Kier molecular flexibility index (Phi) is 8.57. The molecule has 6 heteroatoms. The second-order valence-corrected chi connectivity index (χ2v) is 5.22. The van der Waals surface area contributed by atoms with Gasteiger partial charge in [0.25, 0.3) is 0 Å². The van der Waals surface area contributed by atoms with Crippen molar-refractivity contribution in [2.75, 3.05) is 20.2 Å². The highest BCUT2D eigenvalue weighted by Crippen LogP contribution is 2.17. The quantitative estimate of drug-likeness (QED) is 0.436. The van der Waals surface area contributed by atoms with Gasteiger partial charge in [0, 0.05) is 18.7 Å². The summed E-state index contributed by atoms with van der Waals surface area (Å²) in [5.74, 6) is 1.26. The van der Waals surface area contributed by atoms with E-state index in [1.165, 1.54) is 0 Å². The lowest BCUT2D eigenvalue weighted by molar-refractivity contribution is -0.147. The monoisotopic (exact) mass is 321 g/mol. The van der Waals surface area contributed by atoms with Crippen molar-refractivity contribution in [2.45, 2.75) is 39.8 Å². The molecule has 1 rings (SSSR count). The van der Waals surface area contributed by atoms with Gasteiger partial charge in [0.05, 0.1) is 26.2 Å². The van der Waals surface area contributed by atoms with Crippen molar-refractivity contribution in [2.24, 2.45) is 4.99 Å². The maximum atomic E-state index is 11.5. The molecule has 0 saturated heterocycles. The highest BCUT2D eigenvalue weighted by molar-refractivity contribution is 5.80. The molecule has 0 fully saturated rings. The van der Waals surface area contributed by atoms with Gasteiger partial charge in [-0.2, -0.15) is 0 Å². The molecular formula is C17H27N3O3. The fourth-order valence-corrected chi connectivity index (χ4v) is 1.94. The number of benzene rings is 1. The molecule has 0 unspecified atom stereocenters. The first-order valence-electron chi connectivity index (χ1n) is 7.90. The van der Waals surface area contributed by atoms with Crippen LogP contribution in [0.15, 0.2) is 29.3 Å². The lowest BCUT2D eigenvalue weighted by atomic mass is 10.2. The molecule has 6 nitrogen and oxygen atoms in total. The van der Waals surface area contributed by atoms with E-state index in [0.717, 1.165) is 17.9 Å². The molecule has 128 valence electrons. The smallest absolute Gasteiger partial charge is 0.307 e. The summed E-state index contributed by atoms with van der Waals surface area (Å²) < 4.78 is 10.4. The first-order valence-corrected chi connectivity index (χ1v) is 7.90. The molecular weight excluding hydrogens is 294 g/mol. The third kappa shape index (κ3) is 7.54. The fourth-order valence-electron chi connectivity index (χ4n) is 1.94. The Morgan fingerprint density at radius 3 is 2.65 bits per heavy atom.